The van der Waals surface area contributed by atoms with E-state index in [1.165, 1.54) is 20.3 Å². The van der Waals surface area contributed by atoms with Gasteiger partial charge in [-0.25, -0.2) is 9.78 Å². The fraction of sp³-hybridized carbons (Fsp3) is 0.273. The second kappa shape index (κ2) is 9.58. The van der Waals surface area contributed by atoms with Crippen LogP contribution in [0.2, 0.25) is 0 Å². The van der Waals surface area contributed by atoms with Crippen LogP contribution in [-0.4, -0.2) is 41.0 Å². The molecule has 0 saturated heterocycles. The van der Waals surface area contributed by atoms with Crippen molar-refractivity contribution in [3.63, 3.8) is 0 Å². The summed E-state index contributed by atoms with van der Waals surface area (Å²) >= 11 is 1.15. The van der Waals surface area contributed by atoms with E-state index in [-0.39, 0.29) is 5.56 Å². The first-order valence-electron chi connectivity index (χ1n) is 9.36. The van der Waals surface area contributed by atoms with Crippen LogP contribution in [0.25, 0.3) is 10.9 Å². The summed E-state index contributed by atoms with van der Waals surface area (Å²) < 4.78 is 11.1. The minimum Gasteiger partial charge on any atom is -0.468 e. The number of benzene rings is 2. The molecule has 0 aliphatic heterocycles. The van der Waals surface area contributed by atoms with Crippen molar-refractivity contribution in [2.24, 2.45) is 0 Å². The molecule has 0 saturated carbocycles. The van der Waals surface area contributed by atoms with E-state index in [2.05, 4.69) is 4.98 Å². The van der Waals surface area contributed by atoms with E-state index in [0.717, 1.165) is 17.3 Å². The Labute approximate surface area is 178 Å². The fourth-order valence-electron chi connectivity index (χ4n) is 2.99. The highest BCUT2D eigenvalue weighted by Gasteiger charge is 2.20. The number of carbonyl (C=O) groups excluding carboxylic acids is 2. The Morgan fingerprint density at radius 1 is 1.10 bits per heavy atom. The predicted molar refractivity (Wildman–Crippen MR) is 115 cm³/mol. The molecular formula is C22H22N2O5S. The predicted octanol–water partition coefficient (Wildman–Crippen LogP) is 3.08. The highest BCUT2D eigenvalue weighted by molar-refractivity contribution is 8.00. The topological polar surface area (TPSA) is 87.5 Å². The van der Waals surface area contributed by atoms with Gasteiger partial charge < -0.3 is 9.47 Å². The summed E-state index contributed by atoms with van der Waals surface area (Å²) in [6.07, 6.45) is 0.633. The van der Waals surface area contributed by atoms with Gasteiger partial charge in [0.15, 0.2) is 5.16 Å². The van der Waals surface area contributed by atoms with Gasteiger partial charge in [-0.1, -0.05) is 42.1 Å². The third-order valence-electron chi connectivity index (χ3n) is 4.62. The molecule has 3 rings (SSSR count). The monoisotopic (exact) mass is 426 g/mol. The largest absolute Gasteiger partial charge is 0.468 e. The molecule has 2 aromatic carbocycles. The molecule has 0 aliphatic carbocycles. The normalized spacial score (nSPS) is 11.8. The molecule has 8 heteroatoms. The molecule has 0 amide bonds. The second-order valence-corrected chi connectivity index (χ2v) is 7.90. The number of ether oxygens (including phenoxy) is 2. The Hall–Kier alpha value is -3.13. The molecule has 0 N–H and O–H groups in total. The van der Waals surface area contributed by atoms with E-state index < -0.39 is 17.2 Å². The van der Waals surface area contributed by atoms with Gasteiger partial charge in [0.1, 0.15) is 5.25 Å². The smallest absolute Gasteiger partial charge is 0.337 e. The van der Waals surface area contributed by atoms with Crippen molar-refractivity contribution < 1.29 is 19.1 Å². The van der Waals surface area contributed by atoms with E-state index in [9.17, 15) is 14.4 Å². The SMILES string of the molecule is COC(=O)c1ccc2c(=O)n(CCc3ccccc3)c(SC(C)C(=O)OC)nc2c1. The minimum atomic E-state index is -0.550. The Morgan fingerprint density at radius 3 is 2.50 bits per heavy atom. The van der Waals surface area contributed by atoms with Crippen LogP contribution in [0.4, 0.5) is 0 Å². The molecule has 1 unspecified atom stereocenters. The van der Waals surface area contributed by atoms with Crippen molar-refractivity contribution in [3.8, 4) is 0 Å². The van der Waals surface area contributed by atoms with Gasteiger partial charge in [0.2, 0.25) is 0 Å². The zero-order valence-electron chi connectivity index (χ0n) is 17.0. The summed E-state index contributed by atoms with van der Waals surface area (Å²) in [6.45, 7) is 2.10. The number of methoxy groups -OCH3 is 2. The fourth-order valence-corrected chi connectivity index (χ4v) is 3.95. The number of rotatable bonds is 7. The number of hydrogen-bond acceptors (Lipinski definition) is 7. The van der Waals surface area contributed by atoms with Gasteiger partial charge in [-0.15, -0.1) is 0 Å². The average Bonchev–Trinajstić information content (AvgIpc) is 2.77. The van der Waals surface area contributed by atoms with Crippen molar-refractivity contribution in [3.05, 3.63) is 70.0 Å². The third kappa shape index (κ3) is 4.71. The zero-order chi connectivity index (χ0) is 21.7. The van der Waals surface area contributed by atoms with Crippen molar-refractivity contribution in [2.75, 3.05) is 14.2 Å². The molecule has 156 valence electrons. The van der Waals surface area contributed by atoms with Crippen LogP contribution < -0.4 is 5.56 Å². The van der Waals surface area contributed by atoms with Crippen LogP contribution in [0.1, 0.15) is 22.8 Å². The number of thioether (sulfide) groups is 1. The van der Waals surface area contributed by atoms with Gasteiger partial charge in [0.05, 0.1) is 30.7 Å². The highest BCUT2D eigenvalue weighted by atomic mass is 32.2. The molecule has 3 aromatic rings. The lowest BCUT2D eigenvalue weighted by Crippen LogP contribution is -2.26. The van der Waals surface area contributed by atoms with E-state index in [0.29, 0.717) is 34.6 Å². The highest BCUT2D eigenvalue weighted by Crippen LogP contribution is 2.24. The Kier molecular flexibility index (Phi) is 6.89. The first kappa shape index (κ1) is 21.6. The van der Waals surface area contributed by atoms with Crippen molar-refractivity contribution >= 4 is 34.6 Å². The van der Waals surface area contributed by atoms with E-state index in [4.69, 9.17) is 9.47 Å². The summed E-state index contributed by atoms with van der Waals surface area (Å²) in [5.74, 6) is -0.920. The van der Waals surface area contributed by atoms with Gasteiger partial charge in [-0.05, 0) is 37.1 Å². The van der Waals surface area contributed by atoms with E-state index in [1.807, 2.05) is 30.3 Å². The summed E-state index contributed by atoms with van der Waals surface area (Å²) in [7, 11) is 2.61. The van der Waals surface area contributed by atoms with Gasteiger partial charge in [-0.3, -0.25) is 14.2 Å². The van der Waals surface area contributed by atoms with Crippen LogP contribution in [0.15, 0.2) is 58.5 Å². The molecule has 0 aliphatic rings. The summed E-state index contributed by atoms with van der Waals surface area (Å²) in [5, 5.41) is 0.236. The number of hydrogen-bond donors (Lipinski definition) is 0. The van der Waals surface area contributed by atoms with E-state index >= 15 is 0 Å². The summed E-state index contributed by atoms with van der Waals surface area (Å²) in [5.41, 5.74) is 1.53. The standard InChI is InChI=1S/C22H22N2O5S/c1-14(20(26)28-2)30-22-23-18-13-16(21(27)29-3)9-10-17(18)19(25)24(22)12-11-15-7-5-4-6-8-15/h4-10,13-14H,11-12H2,1-3H3. The summed E-state index contributed by atoms with van der Waals surface area (Å²) in [4.78, 5) is 41.6. The van der Waals surface area contributed by atoms with Gasteiger partial charge in [0, 0.05) is 6.54 Å². The quantitative estimate of drug-likeness (QED) is 0.326. The van der Waals surface area contributed by atoms with Crippen LogP contribution >= 0.6 is 11.8 Å². The lowest BCUT2D eigenvalue weighted by atomic mass is 10.1. The Morgan fingerprint density at radius 2 is 1.83 bits per heavy atom. The zero-order valence-corrected chi connectivity index (χ0v) is 17.8. The molecule has 0 radical (unpaired) electrons. The number of esters is 2. The van der Waals surface area contributed by atoms with Crippen LogP contribution in [-0.2, 0) is 27.2 Å². The Bertz CT molecular complexity index is 1130. The van der Waals surface area contributed by atoms with Crippen LogP contribution in [0.5, 0.6) is 0 Å². The summed E-state index contributed by atoms with van der Waals surface area (Å²) in [6, 6.07) is 14.5. The lowest BCUT2D eigenvalue weighted by molar-refractivity contribution is -0.139. The molecule has 1 atom stereocenters. The number of carbonyl (C=O) groups is 2. The number of nitrogens with zero attached hydrogens (tertiary/aromatic N) is 2. The maximum atomic E-state index is 13.2. The first-order chi connectivity index (χ1) is 14.4. The van der Waals surface area contributed by atoms with Crippen LogP contribution in [0, 0.1) is 0 Å². The van der Waals surface area contributed by atoms with Gasteiger partial charge >= 0.3 is 11.9 Å². The Balaban J connectivity index is 2.07. The number of fused-ring (bicyclic) bond motifs is 1. The number of aryl methyl sites for hydroxylation is 1. The molecule has 0 fully saturated rings. The molecule has 1 aromatic heterocycles. The van der Waals surface area contributed by atoms with Gasteiger partial charge in [-0.2, -0.15) is 0 Å². The third-order valence-corrected chi connectivity index (χ3v) is 5.69. The average molecular weight is 426 g/mol. The second-order valence-electron chi connectivity index (χ2n) is 6.59. The molecule has 1 heterocycles. The van der Waals surface area contributed by atoms with Crippen molar-refractivity contribution in [1.29, 1.82) is 0 Å². The first-order valence-corrected chi connectivity index (χ1v) is 10.2. The minimum absolute atomic E-state index is 0.230. The molecule has 0 bridgehead atoms. The van der Waals surface area contributed by atoms with Gasteiger partial charge in [0.25, 0.3) is 5.56 Å². The molecule has 30 heavy (non-hydrogen) atoms. The maximum Gasteiger partial charge on any atom is 0.337 e. The van der Waals surface area contributed by atoms with Crippen molar-refractivity contribution in [2.45, 2.75) is 30.3 Å². The molecular weight excluding hydrogens is 404 g/mol. The van der Waals surface area contributed by atoms with E-state index in [1.54, 1.807) is 23.6 Å². The molecule has 7 nitrogen and oxygen atoms in total. The molecule has 0 spiro atoms. The number of aromatic nitrogens is 2. The van der Waals surface area contributed by atoms with Crippen molar-refractivity contribution in [1.82, 2.24) is 9.55 Å². The lowest BCUT2D eigenvalue weighted by Gasteiger charge is -2.15. The maximum absolute atomic E-state index is 13.2. The van der Waals surface area contributed by atoms with Crippen LogP contribution in [0.3, 0.4) is 0 Å².